The number of rotatable bonds is 9. The number of nitrogens with zero attached hydrogens (tertiary/aromatic N) is 1. The molecule has 0 saturated heterocycles. The number of sulfone groups is 1. The number of hydrogen-bond donors (Lipinski definition) is 0. The van der Waals surface area contributed by atoms with Gasteiger partial charge in [-0.1, -0.05) is 55.1 Å². The Morgan fingerprint density at radius 1 is 1.12 bits per heavy atom. The molecule has 0 heterocycles. The first-order valence-corrected chi connectivity index (χ1v) is 10.3. The maximum Gasteiger partial charge on any atom is 0.246 e. The summed E-state index contributed by atoms with van der Waals surface area (Å²) in [6.45, 7) is 4.27. The van der Waals surface area contributed by atoms with E-state index in [1.54, 1.807) is 0 Å². The summed E-state index contributed by atoms with van der Waals surface area (Å²) in [4.78, 5) is 13.6. The summed E-state index contributed by atoms with van der Waals surface area (Å²) >= 11 is 0. The first-order chi connectivity index (χ1) is 12.4. The average Bonchev–Trinajstić information content (AvgIpc) is 2.63. The van der Waals surface area contributed by atoms with Gasteiger partial charge < -0.3 is 9.64 Å². The van der Waals surface area contributed by atoms with Crippen molar-refractivity contribution in [3.63, 3.8) is 0 Å². The number of hydrogen-bond acceptors (Lipinski definition) is 4. The molecule has 0 fully saturated rings. The van der Waals surface area contributed by atoms with Crippen LogP contribution >= 0.6 is 0 Å². The van der Waals surface area contributed by atoms with E-state index >= 15 is 0 Å². The standard InChI is InChI=1S/C20H23NO4S/c1-3-20(22)21(13-14-26(2,23)24)15-18-11-7-8-12-19(18)25-16-17-9-5-4-6-10-17/h3-12H,1,13-16H2,2H3. The van der Waals surface area contributed by atoms with Crippen LogP contribution in [0.5, 0.6) is 5.75 Å². The first-order valence-electron chi connectivity index (χ1n) is 8.23. The topological polar surface area (TPSA) is 63.7 Å². The van der Waals surface area contributed by atoms with Crippen molar-refractivity contribution < 1.29 is 17.9 Å². The van der Waals surface area contributed by atoms with Crippen LogP contribution < -0.4 is 4.74 Å². The molecule has 26 heavy (non-hydrogen) atoms. The molecule has 0 bridgehead atoms. The van der Waals surface area contributed by atoms with Crippen LogP contribution in [0.1, 0.15) is 11.1 Å². The van der Waals surface area contributed by atoms with E-state index in [4.69, 9.17) is 4.74 Å². The molecular formula is C20H23NO4S. The second kappa shape index (κ2) is 9.20. The lowest BCUT2D eigenvalue weighted by molar-refractivity contribution is -0.126. The van der Waals surface area contributed by atoms with Crippen molar-refractivity contribution in [1.82, 2.24) is 4.90 Å². The smallest absolute Gasteiger partial charge is 0.246 e. The molecule has 0 unspecified atom stereocenters. The Morgan fingerprint density at radius 2 is 1.77 bits per heavy atom. The zero-order valence-corrected chi connectivity index (χ0v) is 15.6. The lowest BCUT2D eigenvalue weighted by atomic mass is 10.1. The summed E-state index contributed by atoms with van der Waals surface area (Å²) in [5.41, 5.74) is 1.85. The molecule has 0 aliphatic carbocycles. The number of benzene rings is 2. The Labute approximate surface area is 154 Å². The number of carbonyl (C=O) groups excluding carboxylic acids is 1. The number of para-hydroxylation sites is 1. The number of ether oxygens (including phenoxy) is 1. The van der Waals surface area contributed by atoms with Crippen molar-refractivity contribution in [3.8, 4) is 5.75 Å². The molecule has 1 amide bonds. The Kier molecular flexibility index (Phi) is 6.97. The molecule has 2 rings (SSSR count). The second-order valence-electron chi connectivity index (χ2n) is 5.98. The minimum atomic E-state index is -3.17. The van der Waals surface area contributed by atoms with Gasteiger partial charge in [0.1, 0.15) is 22.2 Å². The van der Waals surface area contributed by atoms with Crippen LogP contribution in [0.4, 0.5) is 0 Å². The molecule has 2 aromatic rings. The Morgan fingerprint density at radius 3 is 2.42 bits per heavy atom. The summed E-state index contributed by atoms with van der Waals surface area (Å²) in [5.74, 6) is 0.253. The maximum absolute atomic E-state index is 12.1. The van der Waals surface area contributed by atoms with E-state index in [9.17, 15) is 13.2 Å². The normalized spacial score (nSPS) is 11.0. The minimum absolute atomic E-state index is 0.0976. The molecule has 0 radical (unpaired) electrons. The zero-order chi connectivity index (χ0) is 19.0. The maximum atomic E-state index is 12.1. The number of amides is 1. The molecular weight excluding hydrogens is 350 g/mol. The van der Waals surface area contributed by atoms with E-state index in [1.165, 1.54) is 11.0 Å². The van der Waals surface area contributed by atoms with Crippen molar-refractivity contribution in [2.24, 2.45) is 0 Å². The van der Waals surface area contributed by atoms with Gasteiger partial charge in [0, 0.05) is 24.9 Å². The molecule has 0 atom stereocenters. The SMILES string of the molecule is C=CC(=O)N(CCS(C)(=O)=O)Cc1ccccc1OCc1ccccc1. The van der Waals surface area contributed by atoms with Gasteiger partial charge in [0.2, 0.25) is 5.91 Å². The van der Waals surface area contributed by atoms with Crippen LogP contribution in [0, 0.1) is 0 Å². The van der Waals surface area contributed by atoms with Crippen molar-refractivity contribution in [3.05, 3.63) is 78.4 Å². The molecule has 0 aliphatic rings. The molecule has 0 saturated carbocycles. The van der Waals surface area contributed by atoms with Gasteiger partial charge in [-0.25, -0.2) is 8.42 Å². The van der Waals surface area contributed by atoms with Crippen LogP contribution in [0.2, 0.25) is 0 Å². The van der Waals surface area contributed by atoms with Crippen molar-refractivity contribution in [1.29, 1.82) is 0 Å². The second-order valence-corrected chi connectivity index (χ2v) is 8.24. The van der Waals surface area contributed by atoms with Crippen LogP contribution in [0.25, 0.3) is 0 Å². The third-order valence-corrected chi connectivity index (χ3v) is 4.71. The first kappa shape index (κ1) is 19.7. The van der Waals surface area contributed by atoms with Gasteiger partial charge in [-0.05, 0) is 17.7 Å². The van der Waals surface area contributed by atoms with E-state index < -0.39 is 9.84 Å². The minimum Gasteiger partial charge on any atom is -0.489 e. The fraction of sp³-hybridized carbons (Fsp3) is 0.250. The quantitative estimate of drug-likeness (QED) is 0.634. The van der Waals surface area contributed by atoms with Crippen molar-refractivity contribution >= 4 is 15.7 Å². The summed E-state index contributed by atoms with van der Waals surface area (Å²) < 4.78 is 28.8. The molecule has 2 aromatic carbocycles. The monoisotopic (exact) mass is 373 g/mol. The fourth-order valence-electron chi connectivity index (χ4n) is 2.39. The predicted octanol–water partition coefficient (Wildman–Crippen LogP) is 2.82. The van der Waals surface area contributed by atoms with Crippen LogP contribution in [0.3, 0.4) is 0 Å². The Balaban J connectivity index is 2.12. The lowest BCUT2D eigenvalue weighted by Gasteiger charge is -2.22. The van der Waals surface area contributed by atoms with Gasteiger partial charge in [-0.15, -0.1) is 0 Å². The van der Waals surface area contributed by atoms with E-state index in [0.29, 0.717) is 12.4 Å². The molecule has 138 valence electrons. The third kappa shape index (κ3) is 6.37. The summed E-state index contributed by atoms with van der Waals surface area (Å²) in [7, 11) is -3.17. The molecule has 0 aliphatic heterocycles. The lowest BCUT2D eigenvalue weighted by Crippen LogP contribution is -2.33. The van der Waals surface area contributed by atoms with Gasteiger partial charge in [0.15, 0.2) is 0 Å². The fourth-order valence-corrected chi connectivity index (χ4v) is 2.94. The Hall–Kier alpha value is -2.60. The predicted molar refractivity (Wildman–Crippen MR) is 103 cm³/mol. The molecule has 6 heteroatoms. The van der Waals surface area contributed by atoms with E-state index in [0.717, 1.165) is 17.4 Å². The summed E-state index contributed by atoms with van der Waals surface area (Å²) in [6.07, 6.45) is 2.34. The molecule has 0 N–H and O–H groups in total. The van der Waals surface area contributed by atoms with E-state index in [-0.39, 0.29) is 24.7 Å². The Bertz CT molecular complexity index is 847. The van der Waals surface area contributed by atoms with Crippen molar-refractivity contribution in [2.45, 2.75) is 13.2 Å². The van der Waals surface area contributed by atoms with E-state index in [1.807, 2.05) is 54.6 Å². The molecule has 0 aromatic heterocycles. The van der Waals surface area contributed by atoms with Crippen LogP contribution in [0.15, 0.2) is 67.3 Å². The average molecular weight is 373 g/mol. The van der Waals surface area contributed by atoms with Gasteiger partial charge in [-0.3, -0.25) is 4.79 Å². The van der Waals surface area contributed by atoms with Crippen LogP contribution in [-0.2, 0) is 27.8 Å². The molecule has 0 spiro atoms. The highest BCUT2D eigenvalue weighted by Crippen LogP contribution is 2.21. The van der Waals surface area contributed by atoms with E-state index in [2.05, 4.69) is 6.58 Å². The highest BCUT2D eigenvalue weighted by Gasteiger charge is 2.16. The number of carbonyl (C=O) groups is 1. The largest absolute Gasteiger partial charge is 0.489 e. The van der Waals surface area contributed by atoms with Gasteiger partial charge in [0.05, 0.1) is 5.75 Å². The van der Waals surface area contributed by atoms with Gasteiger partial charge >= 0.3 is 0 Å². The molecule has 5 nitrogen and oxygen atoms in total. The van der Waals surface area contributed by atoms with Gasteiger partial charge in [-0.2, -0.15) is 0 Å². The highest BCUT2D eigenvalue weighted by molar-refractivity contribution is 7.90. The summed E-state index contributed by atoms with van der Waals surface area (Å²) in [5, 5.41) is 0. The third-order valence-electron chi connectivity index (χ3n) is 3.79. The van der Waals surface area contributed by atoms with Crippen molar-refractivity contribution in [2.75, 3.05) is 18.6 Å². The zero-order valence-electron chi connectivity index (χ0n) is 14.8. The highest BCUT2D eigenvalue weighted by atomic mass is 32.2. The van der Waals surface area contributed by atoms with Gasteiger partial charge in [0.25, 0.3) is 0 Å². The van der Waals surface area contributed by atoms with Crippen LogP contribution in [-0.4, -0.2) is 37.8 Å². The summed E-state index contributed by atoms with van der Waals surface area (Å²) in [6, 6.07) is 17.2.